The highest BCUT2D eigenvalue weighted by Crippen LogP contribution is 2.24. The number of ether oxygens (including phenoxy) is 1. The van der Waals surface area contributed by atoms with Crippen LogP contribution in [0, 0.1) is 0 Å². The molecular weight excluding hydrogens is 337 g/mol. The molecule has 1 aliphatic rings. The van der Waals surface area contributed by atoms with Gasteiger partial charge in [-0.1, -0.05) is 11.6 Å². The van der Waals surface area contributed by atoms with Crippen molar-refractivity contribution in [2.24, 2.45) is 0 Å². The number of hydrogen-bond acceptors (Lipinski definition) is 4. The quantitative estimate of drug-likeness (QED) is 0.846. The van der Waals surface area contributed by atoms with E-state index in [0.29, 0.717) is 0 Å². The molecule has 1 aliphatic carbocycles. The topological polar surface area (TPSA) is 72.5 Å². The number of carbonyl (C=O) groups is 1. The fraction of sp³-hybridized carbons (Fsp3) is 0.462. The average Bonchev–Trinajstić information content (AvgIpc) is 2.84. The van der Waals surface area contributed by atoms with E-state index in [2.05, 4.69) is 5.32 Å². The maximum atomic E-state index is 12.2. The molecule has 2 rings (SSSR count). The number of amides is 1. The van der Waals surface area contributed by atoms with E-state index in [-0.39, 0.29) is 33.5 Å². The Kier molecular flexibility index (Phi) is 5.14. The van der Waals surface area contributed by atoms with Gasteiger partial charge in [0, 0.05) is 34.4 Å². The van der Waals surface area contributed by atoms with E-state index in [1.54, 1.807) is 7.11 Å². The fourth-order valence-electron chi connectivity index (χ4n) is 2.39. The molecule has 0 spiro atoms. The van der Waals surface area contributed by atoms with Crippen LogP contribution < -0.4 is 5.32 Å². The minimum Gasteiger partial charge on any atom is -0.381 e. The molecular formula is C13H15Cl2NO4S. The van der Waals surface area contributed by atoms with Gasteiger partial charge in [-0.15, -0.1) is 0 Å². The highest BCUT2D eigenvalue weighted by Gasteiger charge is 2.26. The number of hydrogen-bond donors (Lipinski definition) is 1. The SMILES string of the molecule is COC1CCC(NC(=O)c2cc(Cl)cc(S(=O)(=O)Cl)c2)C1. The summed E-state index contributed by atoms with van der Waals surface area (Å²) in [5.41, 5.74) is 0.169. The summed E-state index contributed by atoms with van der Waals surface area (Å²) in [6.45, 7) is 0. The summed E-state index contributed by atoms with van der Waals surface area (Å²) >= 11 is 5.84. The Morgan fingerprint density at radius 3 is 2.62 bits per heavy atom. The Morgan fingerprint density at radius 2 is 2.05 bits per heavy atom. The maximum absolute atomic E-state index is 12.2. The van der Waals surface area contributed by atoms with Crippen molar-refractivity contribution in [1.82, 2.24) is 5.32 Å². The third-order valence-corrected chi connectivity index (χ3v) is 5.02. The van der Waals surface area contributed by atoms with E-state index in [4.69, 9.17) is 27.0 Å². The second kappa shape index (κ2) is 6.52. The molecule has 2 atom stereocenters. The standard InChI is InChI=1S/C13H15Cl2NO4S/c1-20-11-3-2-10(7-11)16-13(17)8-4-9(14)6-12(5-8)21(15,18)19/h4-6,10-11H,2-3,7H2,1H3,(H,16,17). The molecule has 0 heterocycles. The van der Waals surface area contributed by atoms with Crippen LogP contribution in [0.5, 0.6) is 0 Å². The molecule has 1 saturated carbocycles. The lowest BCUT2D eigenvalue weighted by molar-refractivity contribution is 0.0915. The Hall–Kier alpha value is -0.820. The summed E-state index contributed by atoms with van der Waals surface area (Å²) in [4.78, 5) is 12.0. The summed E-state index contributed by atoms with van der Waals surface area (Å²) in [7, 11) is 2.99. The van der Waals surface area contributed by atoms with Crippen LogP contribution >= 0.6 is 22.3 Å². The van der Waals surface area contributed by atoms with Gasteiger partial charge in [0.25, 0.3) is 15.0 Å². The predicted octanol–water partition coefficient (Wildman–Crippen LogP) is 2.56. The van der Waals surface area contributed by atoms with Crippen molar-refractivity contribution in [3.05, 3.63) is 28.8 Å². The number of methoxy groups -OCH3 is 1. The zero-order valence-corrected chi connectivity index (χ0v) is 13.6. The molecule has 0 radical (unpaired) electrons. The largest absolute Gasteiger partial charge is 0.381 e. The van der Waals surface area contributed by atoms with Gasteiger partial charge in [-0.05, 0) is 37.5 Å². The van der Waals surface area contributed by atoms with Crippen molar-refractivity contribution >= 4 is 37.2 Å². The van der Waals surface area contributed by atoms with Crippen LogP contribution in [0.15, 0.2) is 23.1 Å². The lowest BCUT2D eigenvalue weighted by atomic mass is 10.2. The van der Waals surface area contributed by atoms with Gasteiger partial charge in [0.15, 0.2) is 0 Å². The first-order valence-corrected chi connectivity index (χ1v) is 9.07. The molecule has 8 heteroatoms. The molecule has 1 fully saturated rings. The van der Waals surface area contributed by atoms with Crippen LogP contribution in [0.2, 0.25) is 5.02 Å². The van der Waals surface area contributed by atoms with Crippen LogP contribution in [-0.2, 0) is 13.8 Å². The Bertz CT molecular complexity index is 648. The second-order valence-electron chi connectivity index (χ2n) is 4.95. The number of nitrogens with one attached hydrogen (secondary N) is 1. The number of benzene rings is 1. The van der Waals surface area contributed by atoms with Crippen molar-refractivity contribution in [3.8, 4) is 0 Å². The smallest absolute Gasteiger partial charge is 0.261 e. The predicted molar refractivity (Wildman–Crippen MR) is 80.4 cm³/mol. The van der Waals surface area contributed by atoms with E-state index >= 15 is 0 Å². The van der Waals surface area contributed by atoms with Crippen LogP contribution in [-0.4, -0.2) is 33.6 Å². The molecule has 0 saturated heterocycles. The van der Waals surface area contributed by atoms with Crippen LogP contribution in [0.25, 0.3) is 0 Å². The second-order valence-corrected chi connectivity index (χ2v) is 7.96. The average molecular weight is 352 g/mol. The zero-order valence-electron chi connectivity index (χ0n) is 11.3. The third-order valence-electron chi connectivity index (χ3n) is 3.47. The number of rotatable bonds is 4. The highest BCUT2D eigenvalue weighted by molar-refractivity contribution is 8.13. The van der Waals surface area contributed by atoms with Crippen molar-refractivity contribution < 1.29 is 17.9 Å². The number of carbonyl (C=O) groups excluding carboxylic acids is 1. The minimum atomic E-state index is -3.93. The van der Waals surface area contributed by atoms with Crippen molar-refractivity contribution in [2.75, 3.05) is 7.11 Å². The summed E-state index contributed by atoms with van der Waals surface area (Å²) < 4.78 is 27.9. The molecule has 2 unspecified atom stereocenters. The molecule has 5 nitrogen and oxygen atoms in total. The van der Waals surface area contributed by atoms with Crippen molar-refractivity contribution in [1.29, 1.82) is 0 Å². The summed E-state index contributed by atoms with van der Waals surface area (Å²) in [5.74, 6) is -0.374. The molecule has 1 aromatic carbocycles. The molecule has 0 aliphatic heterocycles. The summed E-state index contributed by atoms with van der Waals surface area (Å²) in [6.07, 6.45) is 2.60. The minimum absolute atomic E-state index is 0.0116. The van der Waals surface area contributed by atoms with Gasteiger partial charge in [0.1, 0.15) is 0 Å². The van der Waals surface area contributed by atoms with Gasteiger partial charge in [-0.25, -0.2) is 8.42 Å². The van der Waals surface area contributed by atoms with Gasteiger partial charge in [-0.2, -0.15) is 0 Å². The zero-order chi connectivity index (χ0) is 15.6. The Balaban J connectivity index is 2.15. The van der Waals surface area contributed by atoms with E-state index in [1.807, 2.05) is 0 Å². The molecule has 0 bridgehead atoms. The van der Waals surface area contributed by atoms with E-state index < -0.39 is 9.05 Å². The maximum Gasteiger partial charge on any atom is 0.261 e. The normalized spacial score (nSPS) is 22.2. The highest BCUT2D eigenvalue weighted by atomic mass is 35.7. The molecule has 1 aromatic rings. The van der Waals surface area contributed by atoms with Gasteiger partial charge < -0.3 is 10.1 Å². The first-order valence-electron chi connectivity index (χ1n) is 6.38. The first-order chi connectivity index (χ1) is 9.79. The molecule has 1 N–H and O–H groups in total. The van der Waals surface area contributed by atoms with Crippen molar-refractivity contribution in [3.63, 3.8) is 0 Å². The lowest BCUT2D eigenvalue weighted by Crippen LogP contribution is -2.33. The first kappa shape index (κ1) is 16.5. The molecule has 1 amide bonds. The summed E-state index contributed by atoms with van der Waals surface area (Å²) in [6, 6.07) is 3.84. The van der Waals surface area contributed by atoms with Crippen LogP contribution in [0.3, 0.4) is 0 Å². The Morgan fingerprint density at radius 1 is 1.33 bits per heavy atom. The van der Waals surface area contributed by atoms with Gasteiger partial charge in [0.05, 0.1) is 11.0 Å². The fourth-order valence-corrected chi connectivity index (χ4v) is 3.49. The van der Waals surface area contributed by atoms with Crippen molar-refractivity contribution in [2.45, 2.75) is 36.3 Å². The summed E-state index contributed by atoms with van der Waals surface area (Å²) in [5, 5.41) is 2.99. The monoisotopic (exact) mass is 351 g/mol. The van der Waals surface area contributed by atoms with Gasteiger partial charge >= 0.3 is 0 Å². The van der Waals surface area contributed by atoms with Gasteiger partial charge in [0.2, 0.25) is 0 Å². The molecule has 21 heavy (non-hydrogen) atoms. The lowest BCUT2D eigenvalue weighted by Gasteiger charge is -2.13. The van der Waals surface area contributed by atoms with Gasteiger partial charge in [-0.3, -0.25) is 4.79 Å². The molecule has 0 aromatic heterocycles. The number of halogens is 2. The van der Waals surface area contributed by atoms with E-state index in [1.165, 1.54) is 18.2 Å². The third kappa shape index (κ3) is 4.32. The van der Waals surface area contributed by atoms with Crippen LogP contribution in [0.4, 0.5) is 0 Å². The van der Waals surface area contributed by atoms with Crippen LogP contribution in [0.1, 0.15) is 29.6 Å². The molecule has 116 valence electrons. The van der Waals surface area contributed by atoms with E-state index in [9.17, 15) is 13.2 Å². The van der Waals surface area contributed by atoms with E-state index in [0.717, 1.165) is 19.3 Å². The Labute approximate surface area is 133 Å².